The Bertz CT molecular complexity index is 718. The molecule has 2 aromatic rings. The molecule has 3 rings (SSSR count). The lowest BCUT2D eigenvalue weighted by Crippen LogP contribution is -2.42. The van der Waals surface area contributed by atoms with E-state index in [1.165, 1.54) is 22.0 Å². The van der Waals surface area contributed by atoms with Gasteiger partial charge in [0.15, 0.2) is 5.96 Å². The molecule has 1 aromatic carbocycles. The van der Waals surface area contributed by atoms with Gasteiger partial charge in [0, 0.05) is 36.2 Å². The fraction of sp³-hybridized carbons (Fsp3) is 0.450. The first-order chi connectivity index (χ1) is 11.8. The van der Waals surface area contributed by atoms with Crippen LogP contribution in [-0.2, 0) is 12.8 Å². The minimum atomic E-state index is 0.489. The number of aromatic nitrogens is 1. The standard InChI is InChI=1S/C20H28N4/c1-3-15-8-7-11-18-16(14-23-19(15)18)12-13-22-20(21-4-2)24-17-9-5-6-10-17/h5-8,11,14,17,23H,3-4,9-10,12-13H2,1-2H3,(H2,21,22,24). The van der Waals surface area contributed by atoms with Crippen LogP contribution >= 0.6 is 0 Å². The third-order valence-electron chi connectivity index (χ3n) is 4.61. The molecule has 4 heteroatoms. The van der Waals surface area contributed by atoms with Crippen LogP contribution in [0.1, 0.15) is 37.8 Å². The van der Waals surface area contributed by atoms with E-state index >= 15 is 0 Å². The van der Waals surface area contributed by atoms with Crippen LogP contribution in [-0.4, -0.2) is 30.1 Å². The number of hydrogen-bond acceptors (Lipinski definition) is 1. The van der Waals surface area contributed by atoms with Gasteiger partial charge < -0.3 is 15.6 Å². The van der Waals surface area contributed by atoms with Crippen molar-refractivity contribution >= 4 is 16.9 Å². The second-order valence-electron chi connectivity index (χ2n) is 6.30. The Kier molecular flexibility index (Phi) is 5.57. The van der Waals surface area contributed by atoms with Gasteiger partial charge in [0.25, 0.3) is 0 Å². The average Bonchev–Trinajstić information content (AvgIpc) is 3.25. The number of aryl methyl sites for hydroxylation is 1. The molecule has 1 aromatic heterocycles. The zero-order valence-corrected chi connectivity index (χ0v) is 14.7. The Balaban J connectivity index is 1.65. The highest BCUT2D eigenvalue weighted by molar-refractivity contribution is 5.86. The van der Waals surface area contributed by atoms with Crippen molar-refractivity contribution in [1.29, 1.82) is 0 Å². The zero-order valence-electron chi connectivity index (χ0n) is 14.7. The first-order valence-corrected chi connectivity index (χ1v) is 9.09. The van der Waals surface area contributed by atoms with Gasteiger partial charge in [-0.3, -0.25) is 4.99 Å². The maximum atomic E-state index is 4.75. The number of nitrogens with zero attached hydrogens (tertiary/aromatic N) is 1. The van der Waals surface area contributed by atoms with Crippen LogP contribution in [0.3, 0.4) is 0 Å². The van der Waals surface area contributed by atoms with E-state index in [1.807, 2.05) is 0 Å². The second kappa shape index (κ2) is 8.04. The van der Waals surface area contributed by atoms with Crippen LogP contribution < -0.4 is 10.6 Å². The molecule has 128 valence electrons. The van der Waals surface area contributed by atoms with Crippen molar-refractivity contribution in [2.24, 2.45) is 4.99 Å². The summed E-state index contributed by atoms with van der Waals surface area (Å²) >= 11 is 0. The largest absolute Gasteiger partial charge is 0.361 e. The van der Waals surface area contributed by atoms with E-state index in [0.717, 1.165) is 44.7 Å². The van der Waals surface area contributed by atoms with Crippen molar-refractivity contribution in [3.05, 3.63) is 47.7 Å². The van der Waals surface area contributed by atoms with Crippen LogP contribution in [0.2, 0.25) is 0 Å². The van der Waals surface area contributed by atoms with E-state index in [2.05, 4.69) is 66.0 Å². The molecule has 0 radical (unpaired) electrons. The Labute approximate surface area is 144 Å². The molecule has 0 atom stereocenters. The number of fused-ring (bicyclic) bond motifs is 1. The molecule has 3 N–H and O–H groups in total. The van der Waals surface area contributed by atoms with Crippen molar-refractivity contribution in [3.8, 4) is 0 Å². The Morgan fingerprint density at radius 1 is 1.21 bits per heavy atom. The summed E-state index contributed by atoms with van der Waals surface area (Å²) in [5.41, 5.74) is 4.01. The van der Waals surface area contributed by atoms with Gasteiger partial charge in [-0.2, -0.15) is 0 Å². The monoisotopic (exact) mass is 324 g/mol. The van der Waals surface area contributed by atoms with Crippen LogP contribution in [0.5, 0.6) is 0 Å². The number of hydrogen-bond donors (Lipinski definition) is 3. The van der Waals surface area contributed by atoms with E-state index < -0.39 is 0 Å². The maximum Gasteiger partial charge on any atom is 0.191 e. The number of benzene rings is 1. The molecular weight excluding hydrogens is 296 g/mol. The summed E-state index contributed by atoms with van der Waals surface area (Å²) in [7, 11) is 0. The molecule has 0 unspecified atom stereocenters. The number of H-pyrrole nitrogens is 1. The smallest absolute Gasteiger partial charge is 0.191 e. The quantitative estimate of drug-likeness (QED) is 0.432. The number of nitrogens with one attached hydrogen (secondary N) is 3. The van der Waals surface area contributed by atoms with Crippen molar-refractivity contribution < 1.29 is 0 Å². The number of rotatable bonds is 6. The Hall–Kier alpha value is -2.23. The van der Waals surface area contributed by atoms with Gasteiger partial charge in [0.2, 0.25) is 0 Å². The lowest BCUT2D eigenvalue weighted by molar-refractivity contribution is 0.633. The molecule has 1 aliphatic rings. The van der Waals surface area contributed by atoms with Crippen molar-refractivity contribution in [1.82, 2.24) is 15.6 Å². The molecule has 0 bridgehead atoms. The second-order valence-corrected chi connectivity index (χ2v) is 6.30. The van der Waals surface area contributed by atoms with Crippen LogP contribution in [0.4, 0.5) is 0 Å². The predicted molar refractivity (Wildman–Crippen MR) is 103 cm³/mol. The fourth-order valence-corrected chi connectivity index (χ4v) is 3.31. The predicted octanol–water partition coefficient (Wildman–Crippen LogP) is 3.55. The molecule has 0 saturated heterocycles. The number of aromatic amines is 1. The van der Waals surface area contributed by atoms with Crippen molar-refractivity contribution in [3.63, 3.8) is 0 Å². The molecule has 4 nitrogen and oxygen atoms in total. The molecule has 1 heterocycles. The first kappa shape index (κ1) is 16.6. The Morgan fingerprint density at radius 3 is 2.79 bits per heavy atom. The van der Waals surface area contributed by atoms with Gasteiger partial charge >= 0.3 is 0 Å². The van der Waals surface area contributed by atoms with Crippen molar-refractivity contribution in [2.45, 2.75) is 45.6 Å². The number of guanidine groups is 1. The number of para-hydroxylation sites is 1. The fourth-order valence-electron chi connectivity index (χ4n) is 3.31. The average molecular weight is 324 g/mol. The highest BCUT2D eigenvalue weighted by Gasteiger charge is 2.11. The maximum absolute atomic E-state index is 4.75. The summed E-state index contributed by atoms with van der Waals surface area (Å²) in [6, 6.07) is 7.05. The van der Waals surface area contributed by atoms with E-state index in [1.54, 1.807) is 0 Å². The third-order valence-corrected chi connectivity index (χ3v) is 4.61. The Morgan fingerprint density at radius 2 is 2.04 bits per heavy atom. The number of aliphatic imine (C=N–C) groups is 1. The van der Waals surface area contributed by atoms with E-state index in [-0.39, 0.29) is 0 Å². The normalized spacial score (nSPS) is 15.3. The summed E-state index contributed by atoms with van der Waals surface area (Å²) < 4.78 is 0. The van der Waals surface area contributed by atoms with Gasteiger partial charge in [-0.25, -0.2) is 0 Å². The minimum absolute atomic E-state index is 0.489. The summed E-state index contributed by atoms with van der Waals surface area (Å²) in [6.07, 6.45) is 10.8. The van der Waals surface area contributed by atoms with Crippen LogP contribution in [0, 0.1) is 0 Å². The van der Waals surface area contributed by atoms with E-state index in [4.69, 9.17) is 4.99 Å². The molecule has 24 heavy (non-hydrogen) atoms. The van der Waals surface area contributed by atoms with Gasteiger partial charge in [-0.1, -0.05) is 37.3 Å². The summed E-state index contributed by atoms with van der Waals surface area (Å²) in [5.74, 6) is 0.931. The topological polar surface area (TPSA) is 52.2 Å². The molecule has 1 aliphatic carbocycles. The summed E-state index contributed by atoms with van der Waals surface area (Å²) in [6.45, 7) is 5.99. The lowest BCUT2D eigenvalue weighted by Gasteiger charge is -2.16. The molecular formula is C20H28N4. The van der Waals surface area contributed by atoms with Crippen molar-refractivity contribution in [2.75, 3.05) is 13.1 Å². The SMILES string of the molecule is CCNC(=NCCc1c[nH]c2c(CC)cccc12)NC1CC=CC1. The van der Waals surface area contributed by atoms with Gasteiger partial charge in [0.1, 0.15) is 0 Å². The van der Waals surface area contributed by atoms with Crippen LogP contribution in [0.25, 0.3) is 10.9 Å². The minimum Gasteiger partial charge on any atom is -0.361 e. The van der Waals surface area contributed by atoms with Crippen LogP contribution in [0.15, 0.2) is 41.5 Å². The zero-order chi connectivity index (χ0) is 16.8. The third kappa shape index (κ3) is 3.81. The molecule has 0 amide bonds. The molecule has 0 spiro atoms. The highest BCUT2D eigenvalue weighted by Crippen LogP contribution is 2.22. The van der Waals surface area contributed by atoms with Gasteiger partial charge in [-0.05, 0) is 43.7 Å². The van der Waals surface area contributed by atoms with E-state index in [9.17, 15) is 0 Å². The summed E-state index contributed by atoms with van der Waals surface area (Å²) in [5, 5.41) is 8.20. The first-order valence-electron chi connectivity index (χ1n) is 9.09. The molecule has 0 fully saturated rings. The molecule has 0 saturated carbocycles. The van der Waals surface area contributed by atoms with Gasteiger partial charge in [-0.15, -0.1) is 0 Å². The van der Waals surface area contributed by atoms with Gasteiger partial charge in [0.05, 0.1) is 0 Å². The summed E-state index contributed by atoms with van der Waals surface area (Å²) in [4.78, 5) is 8.20. The highest BCUT2D eigenvalue weighted by atomic mass is 15.2. The van der Waals surface area contributed by atoms with E-state index in [0.29, 0.717) is 6.04 Å². The molecule has 0 aliphatic heterocycles. The lowest BCUT2D eigenvalue weighted by atomic mass is 10.1.